The molecule has 2 saturated heterocycles. The Kier molecular flexibility index (Phi) is 5.95. The van der Waals surface area contributed by atoms with Crippen molar-refractivity contribution in [1.29, 1.82) is 0 Å². The number of para-hydroxylation sites is 2. The van der Waals surface area contributed by atoms with Crippen LogP contribution in [-0.4, -0.2) is 74.3 Å². The molecule has 1 unspecified atom stereocenters. The summed E-state index contributed by atoms with van der Waals surface area (Å²) in [6, 6.07) is 7.32. The number of carbonyl (C=O) groups is 1. The number of hydrogen-bond acceptors (Lipinski definition) is 4. The van der Waals surface area contributed by atoms with Gasteiger partial charge >= 0.3 is 6.18 Å². The minimum atomic E-state index is -4.16. The third-order valence-corrected chi connectivity index (χ3v) is 5.58. The van der Waals surface area contributed by atoms with Crippen LogP contribution in [0.25, 0.3) is 0 Å². The number of hydrogen-bond donors (Lipinski definition) is 0. The number of alkyl halides is 3. The maximum atomic E-state index is 13.0. The van der Waals surface area contributed by atoms with Gasteiger partial charge < -0.3 is 9.64 Å². The van der Waals surface area contributed by atoms with Crippen LogP contribution in [0.3, 0.4) is 0 Å². The minimum absolute atomic E-state index is 0.0275. The quantitative estimate of drug-likeness (QED) is 0.781. The average Bonchev–Trinajstić information content (AvgIpc) is 3.01. The van der Waals surface area contributed by atoms with E-state index in [0.29, 0.717) is 44.6 Å². The van der Waals surface area contributed by atoms with E-state index < -0.39 is 12.7 Å². The van der Waals surface area contributed by atoms with Crippen molar-refractivity contribution in [2.45, 2.75) is 37.5 Å². The van der Waals surface area contributed by atoms with Crippen molar-refractivity contribution < 1.29 is 22.7 Å². The number of rotatable bonds is 5. The number of likely N-dealkylation sites (N-methyl/N-ethyl adjacent to an activating group) is 1. The Morgan fingerprint density at radius 3 is 2.44 bits per heavy atom. The molecule has 0 spiro atoms. The van der Waals surface area contributed by atoms with E-state index in [0.717, 1.165) is 5.69 Å². The number of methoxy groups -OCH3 is 1. The molecule has 1 atom stereocenters. The zero-order valence-electron chi connectivity index (χ0n) is 15.7. The summed E-state index contributed by atoms with van der Waals surface area (Å²) in [6.45, 7) is 0.575. The lowest BCUT2D eigenvalue weighted by atomic mass is 10.0. The summed E-state index contributed by atoms with van der Waals surface area (Å²) in [6.07, 6.45) is -2.17. The number of carbonyl (C=O) groups excluding carboxylic acids is 1. The molecule has 8 heteroatoms. The van der Waals surface area contributed by atoms with Gasteiger partial charge in [0.25, 0.3) is 0 Å². The Hall–Kier alpha value is -1.80. The fourth-order valence-electron chi connectivity index (χ4n) is 4.13. The van der Waals surface area contributed by atoms with Crippen molar-refractivity contribution in [3.8, 4) is 5.75 Å². The molecular weight excluding hydrogens is 359 g/mol. The van der Waals surface area contributed by atoms with Crippen LogP contribution >= 0.6 is 0 Å². The van der Waals surface area contributed by atoms with Gasteiger partial charge in [-0.05, 0) is 51.5 Å². The third-order valence-electron chi connectivity index (χ3n) is 5.58. The summed E-state index contributed by atoms with van der Waals surface area (Å²) in [7, 11) is 3.50. The first-order valence-corrected chi connectivity index (χ1v) is 9.25. The summed E-state index contributed by atoms with van der Waals surface area (Å²) >= 11 is 0. The normalized spacial score (nSPS) is 22.7. The molecule has 3 rings (SSSR count). The predicted octanol–water partition coefficient (Wildman–Crippen LogP) is 2.76. The molecule has 2 aliphatic rings. The standard InChI is InChI=1S/C19H26F3N3O2/c1-23(14-7-10-24(11-8-14)13-19(20,21)22)16-9-12-25(18(16)26)15-5-3-4-6-17(15)27-2/h3-6,14,16H,7-13H2,1-2H3. The van der Waals surface area contributed by atoms with Crippen molar-refractivity contribution in [2.75, 3.05) is 45.2 Å². The van der Waals surface area contributed by atoms with E-state index in [9.17, 15) is 18.0 Å². The second-order valence-electron chi connectivity index (χ2n) is 7.25. The Labute approximate surface area is 157 Å². The molecule has 1 aromatic rings. The third kappa shape index (κ3) is 4.55. The molecular formula is C19H26F3N3O2. The van der Waals surface area contributed by atoms with Crippen molar-refractivity contribution >= 4 is 11.6 Å². The molecule has 2 fully saturated rings. The predicted molar refractivity (Wildman–Crippen MR) is 97.0 cm³/mol. The lowest BCUT2D eigenvalue weighted by Crippen LogP contribution is -2.50. The van der Waals surface area contributed by atoms with Crippen LogP contribution in [0, 0.1) is 0 Å². The number of halogens is 3. The fraction of sp³-hybridized carbons (Fsp3) is 0.632. The van der Waals surface area contributed by atoms with Gasteiger partial charge in [0.2, 0.25) is 5.91 Å². The number of anilines is 1. The molecule has 0 aliphatic carbocycles. The second kappa shape index (κ2) is 8.06. The van der Waals surface area contributed by atoms with Crippen molar-refractivity contribution in [3.05, 3.63) is 24.3 Å². The summed E-state index contributed by atoms with van der Waals surface area (Å²) in [5.74, 6) is 0.689. The second-order valence-corrected chi connectivity index (χ2v) is 7.25. The van der Waals surface area contributed by atoms with Crippen LogP contribution in [0.4, 0.5) is 18.9 Å². The summed E-state index contributed by atoms with van der Waals surface area (Å²) in [5, 5.41) is 0. The molecule has 150 valence electrons. The van der Waals surface area contributed by atoms with E-state index in [1.54, 1.807) is 12.0 Å². The van der Waals surface area contributed by atoms with E-state index >= 15 is 0 Å². The first-order valence-electron chi connectivity index (χ1n) is 9.25. The SMILES string of the molecule is COc1ccccc1N1CCC(N(C)C2CCN(CC(F)(F)F)CC2)C1=O. The molecule has 1 amide bonds. The molecule has 1 aromatic carbocycles. The summed E-state index contributed by atoms with van der Waals surface area (Å²) in [5.41, 5.74) is 0.765. The highest BCUT2D eigenvalue weighted by atomic mass is 19.4. The first-order chi connectivity index (χ1) is 12.8. The number of piperidine rings is 1. The van der Waals surface area contributed by atoms with Gasteiger partial charge in [0.15, 0.2) is 0 Å². The largest absolute Gasteiger partial charge is 0.495 e. The zero-order chi connectivity index (χ0) is 19.6. The number of nitrogens with zero attached hydrogens (tertiary/aromatic N) is 3. The average molecular weight is 385 g/mol. The highest BCUT2D eigenvalue weighted by molar-refractivity contribution is 6.00. The fourth-order valence-corrected chi connectivity index (χ4v) is 4.13. The number of amides is 1. The van der Waals surface area contributed by atoms with Gasteiger partial charge in [-0.2, -0.15) is 13.2 Å². The van der Waals surface area contributed by atoms with Crippen LogP contribution in [-0.2, 0) is 4.79 Å². The van der Waals surface area contributed by atoms with Gasteiger partial charge in [-0.1, -0.05) is 12.1 Å². The maximum absolute atomic E-state index is 13.0. The highest BCUT2D eigenvalue weighted by Crippen LogP contribution is 2.33. The number of likely N-dealkylation sites (tertiary alicyclic amines) is 1. The van der Waals surface area contributed by atoms with Gasteiger partial charge in [0.1, 0.15) is 5.75 Å². The van der Waals surface area contributed by atoms with Crippen molar-refractivity contribution in [3.63, 3.8) is 0 Å². The van der Waals surface area contributed by atoms with Crippen molar-refractivity contribution in [1.82, 2.24) is 9.80 Å². The number of ether oxygens (including phenoxy) is 1. The lowest BCUT2D eigenvalue weighted by Gasteiger charge is -2.38. The van der Waals surface area contributed by atoms with Crippen molar-refractivity contribution in [2.24, 2.45) is 0 Å². The molecule has 2 aliphatic heterocycles. The summed E-state index contributed by atoms with van der Waals surface area (Å²) in [4.78, 5) is 18.2. The molecule has 2 heterocycles. The van der Waals surface area contributed by atoms with Crippen LogP contribution in [0.2, 0.25) is 0 Å². The van der Waals surface area contributed by atoms with Crippen LogP contribution in [0.5, 0.6) is 5.75 Å². The molecule has 0 bridgehead atoms. The van der Waals surface area contributed by atoms with Crippen LogP contribution < -0.4 is 9.64 Å². The Morgan fingerprint density at radius 2 is 1.81 bits per heavy atom. The van der Waals surface area contributed by atoms with Gasteiger partial charge in [0, 0.05) is 12.6 Å². The summed E-state index contributed by atoms with van der Waals surface area (Å²) < 4.78 is 43.0. The molecule has 5 nitrogen and oxygen atoms in total. The highest BCUT2D eigenvalue weighted by Gasteiger charge is 2.40. The smallest absolute Gasteiger partial charge is 0.401 e. The van der Waals surface area contributed by atoms with E-state index in [2.05, 4.69) is 4.90 Å². The van der Waals surface area contributed by atoms with Gasteiger partial charge in [-0.25, -0.2) is 0 Å². The Morgan fingerprint density at radius 1 is 1.15 bits per heavy atom. The van der Waals surface area contributed by atoms with E-state index in [4.69, 9.17) is 4.74 Å². The van der Waals surface area contributed by atoms with Crippen LogP contribution in [0.1, 0.15) is 19.3 Å². The van der Waals surface area contributed by atoms with Gasteiger partial charge in [0.05, 0.1) is 25.4 Å². The lowest BCUT2D eigenvalue weighted by molar-refractivity contribution is -0.149. The van der Waals surface area contributed by atoms with E-state index in [1.807, 2.05) is 31.3 Å². The number of benzene rings is 1. The van der Waals surface area contributed by atoms with Gasteiger partial charge in [-0.15, -0.1) is 0 Å². The molecule has 27 heavy (non-hydrogen) atoms. The van der Waals surface area contributed by atoms with Crippen LogP contribution in [0.15, 0.2) is 24.3 Å². The van der Waals surface area contributed by atoms with E-state index in [-0.39, 0.29) is 18.0 Å². The Bertz CT molecular complexity index is 660. The topological polar surface area (TPSA) is 36.0 Å². The minimum Gasteiger partial charge on any atom is -0.495 e. The Balaban J connectivity index is 1.60. The zero-order valence-corrected chi connectivity index (χ0v) is 15.7. The van der Waals surface area contributed by atoms with E-state index in [1.165, 1.54) is 4.90 Å². The monoisotopic (exact) mass is 385 g/mol. The first kappa shape index (κ1) is 19.9. The maximum Gasteiger partial charge on any atom is 0.401 e. The molecule has 0 saturated carbocycles. The van der Waals surface area contributed by atoms with Gasteiger partial charge in [-0.3, -0.25) is 14.6 Å². The molecule has 0 N–H and O–H groups in total. The molecule has 0 radical (unpaired) electrons. The molecule has 0 aromatic heterocycles.